The molecule has 1 aliphatic heterocycles. The third-order valence-corrected chi connectivity index (χ3v) is 3.26. The highest BCUT2D eigenvalue weighted by Gasteiger charge is 2.17. The standard InChI is InChI=1S/C10H16N2OS/c11-9(10-6-14-7-12-10)4-3-8-2-1-5-13-8/h6-9H,1-5,11H2. The maximum absolute atomic E-state index is 6.01. The predicted molar refractivity (Wildman–Crippen MR) is 57.3 cm³/mol. The lowest BCUT2D eigenvalue weighted by Crippen LogP contribution is -2.14. The molecule has 0 saturated carbocycles. The number of thiazole rings is 1. The van der Waals surface area contributed by atoms with Gasteiger partial charge >= 0.3 is 0 Å². The van der Waals surface area contributed by atoms with Gasteiger partial charge in [-0.2, -0.15) is 0 Å². The van der Waals surface area contributed by atoms with Crippen LogP contribution in [0.2, 0.25) is 0 Å². The Morgan fingerprint density at radius 2 is 2.64 bits per heavy atom. The molecule has 78 valence electrons. The fraction of sp³-hybridized carbons (Fsp3) is 0.700. The molecule has 0 aromatic carbocycles. The van der Waals surface area contributed by atoms with Gasteiger partial charge in [-0.15, -0.1) is 11.3 Å². The van der Waals surface area contributed by atoms with Gasteiger partial charge in [-0.05, 0) is 25.7 Å². The smallest absolute Gasteiger partial charge is 0.0795 e. The van der Waals surface area contributed by atoms with Crippen LogP contribution in [0.1, 0.15) is 37.4 Å². The molecule has 2 unspecified atom stereocenters. The van der Waals surface area contributed by atoms with E-state index in [2.05, 4.69) is 4.98 Å². The molecule has 4 heteroatoms. The summed E-state index contributed by atoms with van der Waals surface area (Å²) in [5.74, 6) is 0. The van der Waals surface area contributed by atoms with Crippen molar-refractivity contribution >= 4 is 11.3 Å². The van der Waals surface area contributed by atoms with E-state index in [1.165, 1.54) is 12.8 Å². The van der Waals surface area contributed by atoms with Crippen LogP contribution in [0.4, 0.5) is 0 Å². The van der Waals surface area contributed by atoms with E-state index >= 15 is 0 Å². The number of ether oxygens (including phenoxy) is 1. The molecule has 14 heavy (non-hydrogen) atoms. The van der Waals surface area contributed by atoms with E-state index in [-0.39, 0.29) is 6.04 Å². The van der Waals surface area contributed by atoms with Crippen molar-refractivity contribution in [3.63, 3.8) is 0 Å². The van der Waals surface area contributed by atoms with E-state index in [4.69, 9.17) is 10.5 Å². The second kappa shape index (κ2) is 4.87. The lowest BCUT2D eigenvalue weighted by Gasteiger charge is -2.12. The summed E-state index contributed by atoms with van der Waals surface area (Å²) in [6, 6.07) is 0.0884. The van der Waals surface area contributed by atoms with E-state index in [1.54, 1.807) is 11.3 Å². The Balaban J connectivity index is 1.74. The summed E-state index contributed by atoms with van der Waals surface area (Å²) in [7, 11) is 0. The fourth-order valence-corrected chi connectivity index (χ4v) is 2.41. The van der Waals surface area contributed by atoms with Gasteiger partial charge in [-0.25, -0.2) is 4.98 Å². The van der Waals surface area contributed by atoms with E-state index < -0.39 is 0 Å². The molecular formula is C10H16N2OS. The second-order valence-corrected chi connectivity index (χ2v) is 4.45. The molecule has 1 fully saturated rings. The zero-order valence-corrected chi connectivity index (χ0v) is 9.00. The van der Waals surface area contributed by atoms with Gasteiger partial charge in [0, 0.05) is 18.0 Å². The molecule has 0 aliphatic carbocycles. The van der Waals surface area contributed by atoms with Gasteiger partial charge in [0.25, 0.3) is 0 Å². The van der Waals surface area contributed by atoms with Crippen molar-refractivity contribution < 1.29 is 4.74 Å². The molecule has 0 radical (unpaired) electrons. The average Bonchev–Trinajstić information content (AvgIpc) is 2.87. The topological polar surface area (TPSA) is 48.1 Å². The summed E-state index contributed by atoms with van der Waals surface area (Å²) in [5.41, 5.74) is 8.86. The first-order valence-electron chi connectivity index (χ1n) is 5.11. The number of nitrogens with two attached hydrogens (primary N) is 1. The SMILES string of the molecule is NC(CCC1CCCO1)c1cscn1. The summed E-state index contributed by atoms with van der Waals surface area (Å²) in [6.45, 7) is 0.927. The first kappa shape index (κ1) is 10.1. The maximum Gasteiger partial charge on any atom is 0.0795 e. The third-order valence-electron chi connectivity index (χ3n) is 2.65. The highest BCUT2D eigenvalue weighted by Crippen LogP contribution is 2.22. The Labute approximate surface area is 88.3 Å². The van der Waals surface area contributed by atoms with E-state index in [0.29, 0.717) is 6.10 Å². The van der Waals surface area contributed by atoms with Crippen LogP contribution >= 0.6 is 11.3 Å². The van der Waals surface area contributed by atoms with Crippen LogP contribution in [0.3, 0.4) is 0 Å². The fourth-order valence-electron chi connectivity index (χ4n) is 1.79. The third kappa shape index (κ3) is 2.53. The minimum Gasteiger partial charge on any atom is -0.378 e. The number of rotatable bonds is 4. The van der Waals surface area contributed by atoms with Crippen LogP contribution in [0, 0.1) is 0 Å². The molecule has 0 spiro atoms. The zero-order valence-electron chi connectivity index (χ0n) is 8.19. The minimum absolute atomic E-state index is 0.0884. The van der Waals surface area contributed by atoms with Crippen LogP contribution in [-0.2, 0) is 4.74 Å². The van der Waals surface area contributed by atoms with E-state index in [9.17, 15) is 0 Å². The Bertz CT molecular complexity index is 257. The highest BCUT2D eigenvalue weighted by molar-refractivity contribution is 7.07. The van der Waals surface area contributed by atoms with Crippen LogP contribution < -0.4 is 5.73 Å². The van der Waals surface area contributed by atoms with Crippen LogP contribution in [-0.4, -0.2) is 17.7 Å². The molecule has 2 heterocycles. The highest BCUT2D eigenvalue weighted by atomic mass is 32.1. The largest absolute Gasteiger partial charge is 0.378 e. The van der Waals surface area contributed by atoms with Gasteiger partial charge in [0.05, 0.1) is 17.3 Å². The van der Waals surface area contributed by atoms with Gasteiger partial charge in [0.1, 0.15) is 0 Å². The first-order chi connectivity index (χ1) is 6.86. The molecule has 3 nitrogen and oxygen atoms in total. The monoisotopic (exact) mass is 212 g/mol. The van der Waals surface area contributed by atoms with Crippen LogP contribution in [0.15, 0.2) is 10.9 Å². The van der Waals surface area contributed by atoms with Crippen molar-refractivity contribution in [2.75, 3.05) is 6.61 Å². The van der Waals surface area contributed by atoms with Gasteiger partial charge in [-0.1, -0.05) is 0 Å². The number of hydrogen-bond acceptors (Lipinski definition) is 4. The molecule has 2 atom stereocenters. The van der Waals surface area contributed by atoms with Gasteiger partial charge in [0.15, 0.2) is 0 Å². The normalized spacial score (nSPS) is 23.9. The van der Waals surface area contributed by atoms with Crippen molar-refractivity contribution in [2.45, 2.75) is 37.8 Å². The van der Waals surface area contributed by atoms with Gasteiger partial charge in [0.2, 0.25) is 0 Å². The molecule has 0 bridgehead atoms. The molecule has 1 aromatic rings. The molecule has 2 rings (SSSR count). The maximum atomic E-state index is 6.01. The van der Waals surface area contributed by atoms with Gasteiger partial charge in [-0.3, -0.25) is 0 Å². The number of aromatic nitrogens is 1. The predicted octanol–water partition coefficient (Wildman–Crippen LogP) is 2.10. The second-order valence-electron chi connectivity index (χ2n) is 3.73. The summed E-state index contributed by atoms with van der Waals surface area (Å²) >= 11 is 1.60. The molecule has 1 saturated heterocycles. The summed E-state index contributed by atoms with van der Waals surface area (Å²) in [4.78, 5) is 4.21. The van der Waals surface area contributed by atoms with Crippen molar-refractivity contribution in [2.24, 2.45) is 5.73 Å². The summed E-state index contributed by atoms with van der Waals surface area (Å²) in [5, 5.41) is 2.03. The Kier molecular flexibility index (Phi) is 3.50. The van der Waals surface area contributed by atoms with Crippen molar-refractivity contribution in [1.82, 2.24) is 4.98 Å². The van der Waals surface area contributed by atoms with Crippen LogP contribution in [0.25, 0.3) is 0 Å². The Hall–Kier alpha value is -0.450. The molecule has 2 N–H and O–H groups in total. The van der Waals surface area contributed by atoms with Crippen molar-refractivity contribution in [1.29, 1.82) is 0 Å². The average molecular weight is 212 g/mol. The molecule has 0 amide bonds. The lowest BCUT2D eigenvalue weighted by molar-refractivity contribution is 0.101. The number of nitrogens with zero attached hydrogens (tertiary/aromatic N) is 1. The molecular weight excluding hydrogens is 196 g/mol. The number of hydrogen-bond donors (Lipinski definition) is 1. The summed E-state index contributed by atoms with van der Waals surface area (Å²) < 4.78 is 5.55. The Morgan fingerprint density at radius 3 is 3.29 bits per heavy atom. The van der Waals surface area contributed by atoms with E-state index in [0.717, 1.165) is 25.1 Å². The molecule has 1 aliphatic rings. The summed E-state index contributed by atoms with van der Waals surface area (Å²) in [6.07, 6.45) is 4.90. The lowest BCUT2D eigenvalue weighted by atomic mass is 10.1. The quantitative estimate of drug-likeness (QED) is 0.831. The first-order valence-corrected chi connectivity index (χ1v) is 6.06. The van der Waals surface area contributed by atoms with E-state index in [1.807, 2.05) is 10.9 Å². The zero-order chi connectivity index (χ0) is 9.80. The van der Waals surface area contributed by atoms with Crippen molar-refractivity contribution in [3.05, 3.63) is 16.6 Å². The minimum atomic E-state index is 0.0884. The van der Waals surface area contributed by atoms with Crippen molar-refractivity contribution in [3.8, 4) is 0 Å². The Morgan fingerprint density at radius 1 is 1.71 bits per heavy atom. The van der Waals surface area contributed by atoms with Gasteiger partial charge < -0.3 is 10.5 Å². The molecule has 1 aromatic heterocycles. The van der Waals surface area contributed by atoms with Crippen LogP contribution in [0.5, 0.6) is 0 Å².